The molecule has 3 aromatic rings. The summed E-state index contributed by atoms with van der Waals surface area (Å²) in [6, 6.07) is 19.4. The molecule has 0 unspecified atom stereocenters. The molecule has 0 aliphatic rings. The first-order valence-electron chi connectivity index (χ1n) is 14.5. The highest BCUT2D eigenvalue weighted by Crippen LogP contribution is 2.28. The predicted octanol–water partition coefficient (Wildman–Crippen LogP) is 6.71. The highest BCUT2D eigenvalue weighted by molar-refractivity contribution is 7.92. The van der Waals surface area contributed by atoms with E-state index in [2.05, 4.69) is 5.32 Å². The van der Waals surface area contributed by atoms with Gasteiger partial charge in [0.2, 0.25) is 21.8 Å². The first kappa shape index (κ1) is 34.4. The molecule has 0 bridgehead atoms. The molecule has 232 valence electrons. The number of rotatable bonds is 15. The molecular formula is C33H41Cl2N3O4S. The molecule has 2 amide bonds. The zero-order valence-corrected chi connectivity index (χ0v) is 27.6. The van der Waals surface area contributed by atoms with Gasteiger partial charge in [0.05, 0.1) is 11.9 Å². The number of halogens is 2. The van der Waals surface area contributed by atoms with Crippen LogP contribution >= 0.6 is 23.2 Å². The van der Waals surface area contributed by atoms with Crippen LogP contribution in [0.2, 0.25) is 10.0 Å². The molecule has 3 aromatic carbocycles. The van der Waals surface area contributed by atoms with E-state index in [1.165, 1.54) is 9.21 Å². The van der Waals surface area contributed by atoms with Crippen molar-refractivity contribution in [3.8, 4) is 0 Å². The summed E-state index contributed by atoms with van der Waals surface area (Å²) in [5.41, 5.74) is 3.90. The average molecular weight is 647 g/mol. The Hall–Kier alpha value is -3.07. The Balaban J connectivity index is 1.93. The zero-order chi connectivity index (χ0) is 31.6. The van der Waals surface area contributed by atoms with Crippen LogP contribution < -0.4 is 9.62 Å². The molecule has 3 rings (SSSR count). The van der Waals surface area contributed by atoms with Crippen molar-refractivity contribution in [3.05, 3.63) is 99.0 Å². The lowest BCUT2D eigenvalue weighted by Crippen LogP contribution is -2.50. The molecule has 0 radical (unpaired) electrons. The highest BCUT2D eigenvalue weighted by Gasteiger charge is 2.31. The number of nitrogens with one attached hydrogen (secondary N) is 1. The molecule has 10 heteroatoms. The summed E-state index contributed by atoms with van der Waals surface area (Å²) >= 11 is 13.0. The van der Waals surface area contributed by atoms with Crippen molar-refractivity contribution in [2.45, 2.75) is 65.5 Å². The normalized spacial score (nSPS) is 12.0. The molecule has 0 aromatic heterocycles. The fourth-order valence-corrected chi connectivity index (χ4v) is 6.48. The Morgan fingerprint density at radius 2 is 1.53 bits per heavy atom. The van der Waals surface area contributed by atoms with Crippen LogP contribution in [0.1, 0.15) is 54.9 Å². The van der Waals surface area contributed by atoms with Crippen molar-refractivity contribution in [3.63, 3.8) is 0 Å². The Labute approximate surface area is 266 Å². The van der Waals surface area contributed by atoms with Gasteiger partial charge in [0.15, 0.2) is 0 Å². The first-order valence-corrected chi connectivity index (χ1v) is 17.1. The molecule has 7 nitrogen and oxygen atoms in total. The van der Waals surface area contributed by atoms with E-state index in [4.69, 9.17) is 23.2 Å². The second kappa shape index (κ2) is 16.1. The monoisotopic (exact) mass is 645 g/mol. The number of unbranched alkanes of at least 4 members (excludes halogenated alkanes) is 1. The Morgan fingerprint density at radius 1 is 0.907 bits per heavy atom. The van der Waals surface area contributed by atoms with E-state index in [0.29, 0.717) is 34.3 Å². The van der Waals surface area contributed by atoms with Crippen LogP contribution in [-0.4, -0.2) is 50.5 Å². The average Bonchev–Trinajstić information content (AvgIpc) is 2.93. The van der Waals surface area contributed by atoms with Crippen molar-refractivity contribution in [1.29, 1.82) is 0 Å². The second-order valence-electron chi connectivity index (χ2n) is 10.9. The molecule has 1 atom stereocenters. The van der Waals surface area contributed by atoms with Gasteiger partial charge in [-0.15, -0.1) is 0 Å². The standard InChI is InChI=1S/C33H41Cl2N3O4S/c1-5-6-17-36-33(40)31(22-26-12-8-7-9-13-26)37(23-28-29(34)14-10-15-30(28)35)32(39)16-11-18-38(43(4,41)42)27-20-24(2)19-25(3)21-27/h7-10,12-15,19-21,31H,5-6,11,16-18,22-23H2,1-4H3,(H,36,40)/t31-/m1/s1. The number of anilines is 1. The number of sulfonamides is 1. The quantitative estimate of drug-likeness (QED) is 0.186. The lowest BCUT2D eigenvalue weighted by atomic mass is 10.0. The molecule has 1 N–H and O–H groups in total. The number of hydrogen-bond donors (Lipinski definition) is 1. The van der Waals surface area contributed by atoms with E-state index in [1.54, 1.807) is 18.2 Å². The van der Waals surface area contributed by atoms with Crippen LogP contribution in [0.3, 0.4) is 0 Å². The van der Waals surface area contributed by atoms with Crippen LogP contribution in [0, 0.1) is 13.8 Å². The lowest BCUT2D eigenvalue weighted by Gasteiger charge is -2.32. The minimum atomic E-state index is -3.60. The van der Waals surface area contributed by atoms with E-state index in [9.17, 15) is 18.0 Å². The molecule has 0 heterocycles. The van der Waals surface area contributed by atoms with Gasteiger partial charge in [-0.3, -0.25) is 13.9 Å². The third-order valence-electron chi connectivity index (χ3n) is 7.14. The third-order valence-corrected chi connectivity index (χ3v) is 9.04. The molecule has 0 aliphatic heterocycles. The molecule has 0 saturated heterocycles. The van der Waals surface area contributed by atoms with E-state index >= 15 is 0 Å². The summed E-state index contributed by atoms with van der Waals surface area (Å²) in [6.45, 7) is 6.51. The molecule has 0 spiro atoms. The smallest absolute Gasteiger partial charge is 0.243 e. The van der Waals surface area contributed by atoms with Crippen LogP contribution in [0.4, 0.5) is 5.69 Å². The van der Waals surface area contributed by atoms with Gasteiger partial charge in [0, 0.05) is 48.1 Å². The summed E-state index contributed by atoms with van der Waals surface area (Å²) in [7, 11) is -3.60. The van der Waals surface area contributed by atoms with Gasteiger partial charge in [-0.05, 0) is 67.6 Å². The van der Waals surface area contributed by atoms with Gasteiger partial charge in [-0.25, -0.2) is 8.42 Å². The number of hydrogen-bond acceptors (Lipinski definition) is 4. The van der Waals surface area contributed by atoms with E-state index in [-0.39, 0.29) is 37.7 Å². The molecule has 0 saturated carbocycles. The maximum absolute atomic E-state index is 14.0. The predicted molar refractivity (Wildman–Crippen MR) is 176 cm³/mol. The largest absolute Gasteiger partial charge is 0.354 e. The van der Waals surface area contributed by atoms with Gasteiger partial charge in [-0.1, -0.05) is 79.0 Å². The Kier molecular flexibility index (Phi) is 12.9. The minimum Gasteiger partial charge on any atom is -0.354 e. The molecular weight excluding hydrogens is 605 g/mol. The summed E-state index contributed by atoms with van der Waals surface area (Å²) in [4.78, 5) is 29.2. The van der Waals surface area contributed by atoms with Crippen LogP contribution in [0.5, 0.6) is 0 Å². The highest BCUT2D eigenvalue weighted by atomic mass is 35.5. The molecule has 43 heavy (non-hydrogen) atoms. The maximum atomic E-state index is 14.0. The van der Waals surface area contributed by atoms with Gasteiger partial charge in [-0.2, -0.15) is 0 Å². The van der Waals surface area contributed by atoms with Crippen molar-refractivity contribution < 1.29 is 18.0 Å². The van der Waals surface area contributed by atoms with Gasteiger partial charge < -0.3 is 10.2 Å². The van der Waals surface area contributed by atoms with Crippen LogP contribution in [0.15, 0.2) is 66.7 Å². The van der Waals surface area contributed by atoms with E-state index in [1.807, 2.05) is 69.3 Å². The van der Waals surface area contributed by atoms with Crippen molar-refractivity contribution in [1.82, 2.24) is 10.2 Å². The van der Waals surface area contributed by atoms with E-state index in [0.717, 1.165) is 35.8 Å². The first-order chi connectivity index (χ1) is 20.4. The molecule has 0 fully saturated rings. The van der Waals surface area contributed by atoms with Crippen molar-refractivity contribution in [2.75, 3.05) is 23.7 Å². The number of amides is 2. The summed E-state index contributed by atoms with van der Waals surface area (Å²) in [6.07, 6.45) is 3.46. The lowest BCUT2D eigenvalue weighted by molar-refractivity contribution is -0.141. The number of aryl methyl sites for hydroxylation is 2. The topological polar surface area (TPSA) is 86.8 Å². The zero-order valence-electron chi connectivity index (χ0n) is 25.3. The SMILES string of the molecule is CCCCNC(=O)[C@@H](Cc1ccccc1)N(Cc1c(Cl)cccc1Cl)C(=O)CCCN(c1cc(C)cc(C)c1)S(C)(=O)=O. The fourth-order valence-electron chi connectivity index (χ4n) is 5.01. The maximum Gasteiger partial charge on any atom is 0.243 e. The van der Waals surface area contributed by atoms with Crippen molar-refractivity contribution >= 4 is 50.7 Å². The summed E-state index contributed by atoms with van der Waals surface area (Å²) < 4.78 is 26.8. The van der Waals surface area contributed by atoms with E-state index < -0.39 is 16.1 Å². The minimum absolute atomic E-state index is 0.0203. The molecule has 0 aliphatic carbocycles. The summed E-state index contributed by atoms with van der Waals surface area (Å²) in [5.74, 6) is -0.557. The van der Waals surface area contributed by atoms with Crippen LogP contribution in [-0.2, 0) is 32.6 Å². The number of carbonyl (C=O) groups excluding carboxylic acids is 2. The Morgan fingerprint density at radius 3 is 2.12 bits per heavy atom. The Bertz CT molecular complexity index is 1460. The van der Waals surface area contributed by atoms with Crippen LogP contribution in [0.25, 0.3) is 0 Å². The fraction of sp³-hybridized carbons (Fsp3) is 0.394. The van der Waals surface area contributed by atoms with Crippen molar-refractivity contribution in [2.24, 2.45) is 0 Å². The number of benzene rings is 3. The second-order valence-corrected chi connectivity index (χ2v) is 13.6. The summed E-state index contributed by atoms with van der Waals surface area (Å²) in [5, 5.41) is 3.79. The van der Waals surface area contributed by atoms with Gasteiger partial charge in [0.25, 0.3) is 0 Å². The number of carbonyl (C=O) groups is 2. The van der Waals surface area contributed by atoms with Gasteiger partial charge in [0.1, 0.15) is 6.04 Å². The number of nitrogens with zero attached hydrogens (tertiary/aromatic N) is 2. The third kappa shape index (κ3) is 10.3. The van der Waals surface area contributed by atoms with Gasteiger partial charge >= 0.3 is 0 Å².